The van der Waals surface area contributed by atoms with E-state index >= 15 is 0 Å². The van der Waals surface area contributed by atoms with Crippen molar-refractivity contribution < 1.29 is 23.4 Å². The molecule has 0 radical (unpaired) electrons. The molecule has 1 aromatic carbocycles. The highest BCUT2D eigenvalue weighted by atomic mass is 19.3. The smallest absolute Gasteiger partial charge is 0.387 e. The van der Waals surface area contributed by atoms with Gasteiger partial charge in [0.25, 0.3) is 0 Å². The van der Waals surface area contributed by atoms with Gasteiger partial charge >= 0.3 is 6.61 Å². The summed E-state index contributed by atoms with van der Waals surface area (Å²) in [6, 6.07) is 5.50. The van der Waals surface area contributed by atoms with Gasteiger partial charge in [0.15, 0.2) is 0 Å². The molecule has 0 bridgehead atoms. The fraction of sp³-hybridized carbons (Fsp3) is 0.222. The molecule has 3 nitrogen and oxygen atoms in total. The van der Waals surface area contributed by atoms with Crippen molar-refractivity contribution in [2.75, 3.05) is 0 Å². The number of ether oxygens (including phenoxy) is 1. The largest absolute Gasteiger partial charge is 0.550 e. The van der Waals surface area contributed by atoms with E-state index in [9.17, 15) is 18.7 Å². The zero-order valence-electron chi connectivity index (χ0n) is 7.07. The third kappa shape index (κ3) is 3.38. The number of carboxylic acid groups (broad SMARTS) is 1. The van der Waals surface area contributed by atoms with Gasteiger partial charge in [0.1, 0.15) is 5.75 Å². The number of carbonyl (C=O) groups is 1. The van der Waals surface area contributed by atoms with E-state index in [-0.39, 0.29) is 12.2 Å². The normalized spacial score (nSPS) is 10.2. The van der Waals surface area contributed by atoms with Crippen LogP contribution in [0.5, 0.6) is 5.75 Å². The predicted molar refractivity (Wildman–Crippen MR) is 41.8 cm³/mol. The zero-order chi connectivity index (χ0) is 10.6. The summed E-state index contributed by atoms with van der Waals surface area (Å²) in [6.45, 7) is -2.91. The second kappa shape index (κ2) is 4.55. The van der Waals surface area contributed by atoms with Crippen molar-refractivity contribution >= 4 is 5.97 Å². The summed E-state index contributed by atoms with van der Waals surface area (Å²) in [5.74, 6) is -1.32. The van der Waals surface area contributed by atoms with Crippen LogP contribution in [0.3, 0.4) is 0 Å². The fourth-order valence-electron chi connectivity index (χ4n) is 0.998. The number of rotatable bonds is 4. The lowest BCUT2D eigenvalue weighted by Crippen LogP contribution is -2.24. The molecule has 0 aromatic heterocycles. The summed E-state index contributed by atoms with van der Waals surface area (Å²) in [7, 11) is 0. The number of carboxylic acids is 1. The SMILES string of the molecule is O=C([O-])Cc1cccc(OC(F)F)c1. The second-order valence-electron chi connectivity index (χ2n) is 2.57. The van der Waals surface area contributed by atoms with E-state index in [1.807, 2.05) is 0 Å². The van der Waals surface area contributed by atoms with E-state index in [1.165, 1.54) is 24.3 Å². The lowest BCUT2D eigenvalue weighted by molar-refractivity contribution is -0.304. The molecular weight excluding hydrogens is 194 g/mol. The predicted octanol–water partition coefficient (Wildman–Crippen LogP) is 0.580. The molecule has 0 aliphatic carbocycles. The van der Waals surface area contributed by atoms with Gasteiger partial charge in [0.2, 0.25) is 0 Å². The number of alkyl halides is 2. The summed E-state index contributed by atoms with van der Waals surface area (Å²) in [5, 5.41) is 10.2. The third-order valence-electron chi connectivity index (χ3n) is 1.47. The first-order valence-electron chi connectivity index (χ1n) is 3.81. The standard InChI is InChI=1S/C9H8F2O3/c10-9(11)14-7-3-1-2-6(4-7)5-8(12)13/h1-4,9H,5H2,(H,12,13)/p-1. The van der Waals surface area contributed by atoms with Gasteiger partial charge < -0.3 is 14.6 Å². The molecule has 76 valence electrons. The Labute approximate surface area is 78.9 Å². The van der Waals surface area contributed by atoms with E-state index in [0.29, 0.717) is 5.56 Å². The molecule has 0 amide bonds. The lowest BCUT2D eigenvalue weighted by Gasteiger charge is -2.06. The van der Waals surface area contributed by atoms with Gasteiger partial charge in [0.05, 0.1) is 0 Å². The van der Waals surface area contributed by atoms with Gasteiger partial charge in [-0.25, -0.2) is 0 Å². The Morgan fingerprint density at radius 2 is 2.21 bits per heavy atom. The molecule has 5 heteroatoms. The summed E-state index contributed by atoms with van der Waals surface area (Å²) in [4.78, 5) is 10.2. The van der Waals surface area contributed by atoms with Crippen molar-refractivity contribution in [1.29, 1.82) is 0 Å². The van der Waals surface area contributed by atoms with Gasteiger partial charge in [-0.05, 0) is 17.7 Å². The highest BCUT2D eigenvalue weighted by Gasteiger charge is 2.04. The minimum atomic E-state index is -2.91. The number of halogens is 2. The van der Waals surface area contributed by atoms with Crippen molar-refractivity contribution in [3.05, 3.63) is 29.8 Å². The number of benzene rings is 1. The van der Waals surface area contributed by atoms with Gasteiger partial charge in [-0.1, -0.05) is 12.1 Å². The Morgan fingerprint density at radius 3 is 2.79 bits per heavy atom. The Bertz CT molecular complexity index is 326. The van der Waals surface area contributed by atoms with Crippen LogP contribution in [0.4, 0.5) is 8.78 Å². The second-order valence-corrected chi connectivity index (χ2v) is 2.57. The van der Waals surface area contributed by atoms with Crippen molar-refractivity contribution in [1.82, 2.24) is 0 Å². The average molecular weight is 201 g/mol. The molecule has 0 aliphatic heterocycles. The van der Waals surface area contributed by atoms with Gasteiger partial charge in [-0.15, -0.1) is 0 Å². The summed E-state index contributed by atoms with van der Waals surface area (Å²) in [5.41, 5.74) is 0.364. The van der Waals surface area contributed by atoms with Gasteiger partial charge in [0, 0.05) is 12.4 Å². The molecular formula is C9H7F2O3-. The molecule has 14 heavy (non-hydrogen) atoms. The molecule has 0 heterocycles. The fourth-order valence-corrected chi connectivity index (χ4v) is 0.998. The maximum absolute atomic E-state index is 11.8. The minimum absolute atomic E-state index is 0.0567. The minimum Gasteiger partial charge on any atom is -0.550 e. The molecule has 0 saturated carbocycles. The number of carbonyl (C=O) groups excluding carboxylic acids is 1. The first-order valence-corrected chi connectivity index (χ1v) is 3.81. The highest BCUT2D eigenvalue weighted by molar-refractivity contribution is 5.68. The molecule has 0 unspecified atom stereocenters. The Balaban J connectivity index is 2.73. The number of hydrogen-bond acceptors (Lipinski definition) is 3. The molecule has 0 atom stereocenters. The number of hydrogen-bond donors (Lipinski definition) is 0. The average Bonchev–Trinajstić information content (AvgIpc) is 2.01. The molecule has 1 rings (SSSR count). The van der Waals surface area contributed by atoms with Crippen LogP contribution in [-0.4, -0.2) is 12.6 Å². The Kier molecular flexibility index (Phi) is 3.39. The monoisotopic (exact) mass is 201 g/mol. The van der Waals surface area contributed by atoms with Crippen LogP contribution in [0.2, 0.25) is 0 Å². The van der Waals surface area contributed by atoms with E-state index in [1.54, 1.807) is 0 Å². The van der Waals surface area contributed by atoms with Gasteiger partial charge in [-0.2, -0.15) is 8.78 Å². The first-order chi connectivity index (χ1) is 6.58. The van der Waals surface area contributed by atoms with E-state index < -0.39 is 12.6 Å². The van der Waals surface area contributed by atoms with Crippen LogP contribution in [0, 0.1) is 0 Å². The van der Waals surface area contributed by atoms with Crippen molar-refractivity contribution in [2.45, 2.75) is 13.0 Å². The van der Waals surface area contributed by atoms with Crippen LogP contribution in [-0.2, 0) is 11.2 Å². The van der Waals surface area contributed by atoms with Crippen molar-refractivity contribution in [3.63, 3.8) is 0 Å². The van der Waals surface area contributed by atoms with Gasteiger partial charge in [-0.3, -0.25) is 0 Å². The molecule has 0 N–H and O–H groups in total. The molecule has 0 fully saturated rings. The summed E-state index contributed by atoms with van der Waals surface area (Å²) in [6.07, 6.45) is -0.319. The topological polar surface area (TPSA) is 49.4 Å². The maximum Gasteiger partial charge on any atom is 0.387 e. The molecule has 0 saturated heterocycles. The van der Waals surface area contributed by atoms with Crippen LogP contribution in [0.1, 0.15) is 5.56 Å². The van der Waals surface area contributed by atoms with Crippen LogP contribution >= 0.6 is 0 Å². The molecule has 0 spiro atoms. The molecule has 0 aliphatic rings. The Hall–Kier alpha value is -1.65. The maximum atomic E-state index is 11.8. The van der Waals surface area contributed by atoms with Crippen LogP contribution in [0.25, 0.3) is 0 Å². The van der Waals surface area contributed by atoms with E-state index in [4.69, 9.17) is 0 Å². The summed E-state index contributed by atoms with van der Waals surface area (Å²) < 4.78 is 27.6. The van der Waals surface area contributed by atoms with E-state index in [0.717, 1.165) is 0 Å². The van der Waals surface area contributed by atoms with Crippen LogP contribution < -0.4 is 9.84 Å². The zero-order valence-corrected chi connectivity index (χ0v) is 7.07. The third-order valence-corrected chi connectivity index (χ3v) is 1.47. The highest BCUT2D eigenvalue weighted by Crippen LogP contribution is 2.15. The first kappa shape index (κ1) is 10.4. The number of aliphatic carboxylic acids is 1. The quantitative estimate of drug-likeness (QED) is 0.715. The summed E-state index contributed by atoms with van der Waals surface area (Å²) >= 11 is 0. The van der Waals surface area contributed by atoms with Crippen molar-refractivity contribution in [2.24, 2.45) is 0 Å². The Morgan fingerprint density at radius 1 is 1.50 bits per heavy atom. The molecule has 1 aromatic rings. The van der Waals surface area contributed by atoms with Crippen molar-refractivity contribution in [3.8, 4) is 5.75 Å². The van der Waals surface area contributed by atoms with E-state index in [2.05, 4.69) is 4.74 Å². The lowest BCUT2D eigenvalue weighted by atomic mass is 10.1. The van der Waals surface area contributed by atoms with Crippen LogP contribution in [0.15, 0.2) is 24.3 Å².